The van der Waals surface area contributed by atoms with Gasteiger partial charge in [-0.25, -0.2) is 4.68 Å². The minimum absolute atomic E-state index is 0.0756. The Balaban J connectivity index is 1.63. The molecule has 0 bridgehead atoms. The van der Waals surface area contributed by atoms with Gasteiger partial charge in [-0.2, -0.15) is 5.10 Å². The number of rotatable bonds is 5. The second-order valence-corrected chi connectivity index (χ2v) is 7.44. The summed E-state index contributed by atoms with van der Waals surface area (Å²) in [5.41, 5.74) is 2.17. The largest absolute Gasteiger partial charge is 0.350 e. The molecule has 7 heteroatoms. The van der Waals surface area contributed by atoms with Crippen LogP contribution >= 0.6 is 11.8 Å². The molecule has 6 nitrogen and oxygen atoms in total. The van der Waals surface area contributed by atoms with Crippen molar-refractivity contribution in [2.75, 3.05) is 6.26 Å². The summed E-state index contributed by atoms with van der Waals surface area (Å²) in [7, 11) is 1.61. The van der Waals surface area contributed by atoms with E-state index in [4.69, 9.17) is 0 Å². The average molecular weight is 392 g/mol. The molecule has 0 fully saturated rings. The summed E-state index contributed by atoms with van der Waals surface area (Å²) in [4.78, 5) is 26.5. The van der Waals surface area contributed by atoms with E-state index >= 15 is 0 Å². The molecule has 1 N–H and O–H groups in total. The van der Waals surface area contributed by atoms with Gasteiger partial charge in [0.05, 0.1) is 6.20 Å². The molecule has 1 amide bonds. The van der Waals surface area contributed by atoms with Crippen molar-refractivity contribution in [3.05, 3.63) is 70.6 Å². The Morgan fingerprint density at radius 2 is 1.86 bits per heavy atom. The fraction of sp³-hybridized carbons (Fsp3) is 0.190. The molecule has 2 heterocycles. The summed E-state index contributed by atoms with van der Waals surface area (Å²) in [6.45, 7) is 0.524. The molecule has 142 valence electrons. The van der Waals surface area contributed by atoms with E-state index in [-0.39, 0.29) is 18.0 Å². The van der Waals surface area contributed by atoms with Gasteiger partial charge >= 0.3 is 0 Å². The number of thioether (sulfide) groups is 1. The van der Waals surface area contributed by atoms with E-state index in [9.17, 15) is 9.59 Å². The fourth-order valence-corrected chi connectivity index (χ4v) is 3.76. The Morgan fingerprint density at radius 1 is 1.11 bits per heavy atom. The number of carbonyl (C=O) groups excluding carboxylic acids is 1. The zero-order valence-corrected chi connectivity index (χ0v) is 16.5. The summed E-state index contributed by atoms with van der Waals surface area (Å²) in [5, 5.41) is 8.76. The molecule has 0 radical (unpaired) electrons. The van der Waals surface area contributed by atoms with E-state index in [0.29, 0.717) is 12.1 Å². The Morgan fingerprint density at radius 3 is 2.61 bits per heavy atom. The number of benzene rings is 2. The number of amides is 1. The van der Waals surface area contributed by atoms with Crippen LogP contribution in [0.25, 0.3) is 21.8 Å². The average Bonchev–Trinajstić information content (AvgIpc) is 3.04. The van der Waals surface area contributed by atoms with Crippen LogP contribution in [0.1, 0.15) is 5.56 Å². The third-order valence-electron chi connectivity index (χ3n) is 4.82. The van der Waals surface area contributed by atoms with Crippen LogP contribution in [0.5, 0.6) is 0 Å². The van der Waals surface area contributed by atoms with Gasteiger partial charge in [0.25, 0.3) is 5.56 Å². The van der Waals surface area contributed by atoms with Crippen molar-refractivity contribution in [2.45, 2.75) is 18.0 Å². The number of fused-ring (bicyclic) bond motifs is 3. The number of hydrogen-bond acceptors (Lipinski definition) is 4. The van der Waals surface area contributed by atoms with Crippen LogP contribution in [-0.4, -0.2) is 26.5 Å². The summed E-state index contributed by atoms with van der Waals surface area (Å²) in [6.07, 6.45) is 3.71. The molecule has 0 atom stereocenters. The smallest absolute Gasteiger partial charge is 0.291 e. The molecule has 0 aliphatic rings. The molecule has 0 spiro atoms. The number of nitrogens with zero attached hydrogens (tertiary/aromatic N) is 3. The molecular formula is C21H20N4O2S. The normalized spacial score (nSPS) is 11.2. The first-order valence-corrected chi connectivity index (χ1v) is 10.1. The van der Waals surface area contributed by atoms with Crippen LogP contribution in [0.2, 0.25) is 0 Å². The highest BCUT2D eigenvalue weighted by Crippen LogP contribution is 2.26. The van der Waals surface area contributed by atoms with Crippen molar-refractivity contribution < 1.29 is 4.79 Å². The van der Waals surface area contributed by atoms with Crippen LogP contribution < -0.4 is 10.9 Å². The summed E-state index contributed by atoms with van der Waals surface area (Å²) in [6, 6.07) is 15.8. The van der Waals surface area contributed by atoms with Gasteiger partial charge in [-0.15, -0.1) is 11.8 Å². The van der Waals surface area contributed by atoms with Gasteiger partial charge < -0.3 is 9.88 Å². The number of para-hydroxylation sites is 1. The number of nitrogens with one attached hydrogen (secondary N) is 1. The second kappa shape index (κ2) is 7.52. The molecule has 0 saturated carbocycles. The number of carbonyl (C=O) groups is 1. The lowest BCUT2D eigenvalue weighted by Crippen LogP contribution is -2.29. The SMILES string of the molecule is CSc1ccc(CNC(=O)Cn2c3ccccc3c3cnn(C)c(=O)c32)cc1. The highest BCUT2D eigenvalue weighted by molar-refractivity contribution is 7.98. The Labute approximate surface area is 166 Å². The summed E-state index contributed by atoms with van der Waals surface area (Å²) >= 11 is 1.68. The zero-order chi connectivity index (χ0) is 19.7. The van der Waals surface area contributed by atoms with Crippen molar-refractivity contribution >= 4 is 39.5 Å². The van der Waals surface area contributed by atoms with Gasteiger partial charge in [-0.3, -0.25) is 9.59 Å². The summed E-state index contributed by atoms with van der Waals surface area (Å²) < 4.78 is 3.07. The lowest BCUT2D eigenvalue weighted by atomic mass is 10.2. The molecule has 2 aromatic heterocycles. The van der Waals surface area contributed by atoms with Gasteiger partial charge in [-0.1, -0.05) is 30.3 Å². The lowest BCUT2D eigenvalue weighted by Gasteiger charge is -2.09. The molecular weight excluding hydrogens is 372 g/mol. The van der Waals surface area contributed by atoms with Crippen molar-refractivity contribution in [1.29, 1.82) is 0 Å². The first-order chi connectivity index (χ1) is 13.6. The molecule has 28 heavy (non-hydrogen) atoms. The van der Waals surface area contributed by atoms with E-state index < -0.39 is 0 Å². The van der Waals surface area contributed by atoms with E-state index in [1.165, 1.54) is 9.58 Å². The standard InChI is InChI=1S/C21H20N4O2S/c1-24-21(27)20-17(12-23-24)16-5-3-4-6-18(16)25(20)13-19(26)22-11-14-7-9-15(28-2)10-8-14/h3-10,12H,11,13H2,1-2H3,(H,22,26). The Bertz CT molecular complexity index is 1230. The maximum atomic E-state index is 12.7. The van der Waals surface area contributed by atoms with Crippen LogP contribution in [0.4, 0.5) is 0 Å². The molecule has 0 aliphatic heterocycles. The molecule has 2 aromatic carbocycles. The first kappa shape index (κ1) is 18.3. The molecule has 0 aliphatic carbocycles. The third-order valence-corrected chi connectivity index (χ3v) is 5.56. The van der Waals surface area contributed by atoms with E-state index in [2.05, 4.69) is 10.4 Å². The Kier molecular flexibility index (Phi) is 4.92. The van der Waals surface area contributed by atoms with Crippen molar-refractivity contribution in [3.63, 3.8) is 0 Å². The molecule has 0 saturated heterocycles. The van der Waals surface area contributed by atoms with E-state index in [0.717, 1.165) is 21.9 Å². The topological polar surface area (TPSA) is 68.9 Å². The van der Waals surface area contributed by atoms with E-state index in [1.54, 1.807) is 29.6 Å². The van der Waals surface area contributed by atoms with Crippen LogP contribution in [0.15, 0.2) is 64.4 Å². The van der Waals surface area contributed by atoms with Gasteiger partial charge in [0.1, 0.15) is 12.1 Å². The maximum absolute atomic E-state index is 12.7. The van der Waals surface area contributed by atoms with Crippen molar-refractivity contribution in [3.8, 4) is 0 Å². The minimum atomic E-state index is -0.214. The minimum Gasteiger partial charge on any atom is -0.350 e. The maximum Gasteiger partial charge on any atom is 0.291 e. The first-order valence-electron chi connectivity index (χ1n) is 8.91. The van der Waals surface area contributed by atoms with Crippen LogP contribution in [0.3, 0.4) is 0 Å². The third kappa shape index (κ3) is 3.29. The van der Waals surface area contributed by atoms with Gasteiger partial charge in [0.2, 0.25) is 5.91 Å². The quantitative estimate of drug-likeness (QED) is 0.530. The van der Waals surface area contributed by atoms with E-state index in [1.807, 2.05) is 54.8 Å². The lowest BCUT2D eigenvalue weighted by molar-refractivity contribution is -0.121. The molecule has 4 rings (SSSR count). The molecule has 4 aromatic rings. The second-order valence-electron chi connectivity index (χ2n) is 6.56. The summed E-state index contributed by atoms with van der Waals surface area (Å²) in [5.74, 6) is -0.143. The zero-order valence-electron chi connectivity index (χ0n) is 15.7. The predicted octanol–water partition coefficient (Wildman–Crippen LogP) is 2.93. The van der Waals surface area contributed by atoms with Crippen LogP contribution in [-0.2, 0) is 24.9 Å². The van der Waals surface area contributed by atoms with Crippen molar-refractivity contribution in [2.24, 2.45) is 7.05 Å². The van der Waals surface area contributed by atoms with Crippen LogP contribution in [0, 0.1) is 0 Å². The fourth-order valence-electron chi connectivity index (χ4n) is 3.35. The van der Waals surface area contributed by atoms with Gasteiger partial charge in [0, 0.05) is 34.8 Å². The number of hydrogen-bond donors (Lipinski definition) is 1. The highest BCUT2D eigenvalue weighted by atomic mass is 32.2. The molecule has 0 unspecified atom stereocenters. The van der Waals surface area contributed by atoms with Crippen molar-refractivity contribution in [1.82, 2.24) is 19.7 Å². The predicted molar refractivity (Wildman–Crippen MR) is 113 cm³/mol. The van der Waals surface area contributed by atoms with Gasteiger partial charge in [-0.05, 0) is 30.0 Å². The monoisotopic (exact) mass is 392 g/mol. The highest BCUT2D eigenvalue weighted by Gasteiger charge is 2.16. The Hall–Kier alpha value is -3.06. The number of aryl methyl sites for hydroxylation is 1. The van der Waals surface area contributed by atoms with Gasteiger partial charge in [0.15, 0.2) is 0 Å². The number of aromatic nitrogens is 3.